The molecule has 15 nitrogen and oxygen atoms in total. The monoisotopic (exact) mass is 622 g/mol. The van der Waals surface area contributed by atoms with Crippen molar-refractivity contribution in [1.82, 2.24) is 15.3 Å². The van der Waals surface area contributed by atoms with E-state index < -0.39 is 46.9 Å². The predicted octanol–water partition coefficient (Wildman–Crippen LogP) is 1.26. The minimum atomic E-state index is -2.44. The van der Waals surface area contributed by atoms with Crippen molar-refractivity contribution in [3.05, 3.63) is 59.7 Å². The van der Waals surface area contributed by atoms with Crippen LogP contribution in [0.15, 0.2) is 48.5 Å². The topological polar surface area (TPSA) is 284 Å². The number of imidazole rings is 1. The standard InChI is InChI=1S/C28H30N8O7S/c1-28(2,27(41)35-20(25(32)40)11-22(29)38)13-8-16(15-10-14(36-44(42)43)4-6-21(15)37)23(39)17(9-13)26-33-18-5-3-12(24(30)31)7-19(18)34-26/h3-10,20,36-37,39H,11H2,1-2H3,(H2,29,38)(H3,30,31)(H2,32,40)(H,33,34)(H,35,41)(H,42,43)/t20-/m1/s1. The van der Waals surface area contributed by atoms with Crippen molar-refractivity contribution in [2.45, 2.75) is 31.7 Å². The van der Waals surface area contributed by atoms with Crippen LogP contribution in [-0.2, 0) is 31.1 Å². The molecule has 1 aromatic heterocycles. The lowest BCUT2D eigenvalue weighted by Crippen LogP contribution is -2.51. The number of primary amides is 2. The SMILES string of the molecule is CC(C)(C(=O)N[C@H](CC(N)=O)C(N)=O)c1cc(-c2nc3cc(C(=N)N)ccc3[nH]2)c(O)c(-c2cc(NS(=O)O)ccc2O)c1. The number of amides is 3. The summed E-state index contributed by atoms with van der Waals surface area (Å²) in [4.78, 5) is 44.5. The van der Waals surface area contributed by atoms with Crippen LogP contribution in [0.4, 0.5) is 5.69 Å². The number of amidine groups is 1. The van der Waals surface area contributed by atoms with Crippen LogP contribution in [0.25, 0.3) is 33.5 Å². The largest absolute Gasteiger partial charge is 0.507 e. The second kappa shape index (κ2) is 12.0. The van der Waals surface area contributed by atoms with Crippen molar-refractivity contribution < 1.29 is 33.4 Å². The van der Waals surface area contributed by atoms with Crippen LogP contribution in [0.5, 0.6) is 11.5 Å². The van der Waals surface area contributed by atoms with Crippen LogP contribution in [0.3, 0.4) is 0 Å². The maximum Gasteiger partial charge on any atom is 0.259 e. The molecule has 0 fully saturated rings. The summed E-state index contributed by atoms with van der Waals surface area (Å²) in [5.41, 5.74) is 16.7. The fourth-order valence-corrected chi connectivity index (χ4v) is 4.82. The third-order valence-electron chi connectivity index (χ3n) is 6.99. The number of nitrogen functional groups attached to an aromatic ring is 1. The van der Waals surface area contributed by atoms with Crippen molar-refractivity contribution in [2.24, 2.45) is 17.2 Å². The number of anilines is 1. The molecule has 44 heavy (non-hydrogen) atoms. The summed E-state index contributed by atoms with van der Waals surface area (Å²) in [5, 5.41) is 32.5. The summed E-state index contributed by atoms with van der Waals surface area (Å²) in [7, 11) is 0. The van der Waals surface area contributed by atoms with Gasteiger partial charge in [-0.2, -0.15) is 0 Å². The molecule has 0 aliphatic carbocycles. The number of nitrogens with one attached hydrogen (secondary N) is 4. The van der Waals surface area contributed by atoms with E-state index in [9.17, 15) is 33.4 Å². The molecular weight excluding hydrogens is 592 g/mol. The van der Waals surface area contributed by atoms with Gasteiger partial charge < -0.3 is 37.7 Å². The third kappa shape index (κ3) is 6.45. The van der Waals surface area contributed by atoms with E-state index >= 15 is 0 Å². The van der Waals surface area contributed by atoms with Crippen molar-refractivity contribution in [3.8, 4) is 34.0 Å². The van der Waals surface area contributed by atoms with Gasteiger partial charge >= 0.3 is 0 Å². The lowest BCUT2D eigenvalue weighted by molar-refractivity contribution is -0.131. The number of aromatic hydroxyl groups is 2. The Morgan fingerprint density at radius 2 is 1.70 bits per heavy atom. The maximum atomic E-state index is 13.5. The zero-order chi connectivity index (χ0) is 32.5. The van der Waals surface area contributed by atoms with Gasteiger partial charge in [0.25, 0.3) is 11.3 Å². The number of hydrogen-bond donors (Lipinski definition) is 10. The smallest absolute Gasteiger partial charge is 0.259 e. The number of rotatable bonds is 11. The highest BCUT2D eigenvalue weighted by Crippen LogP contribution is 2.45. The molecule has 230 valence electrons. The second-order valence-electron chi connectivity index (χ2n) is 10.5. The minimum absolute atomic E-state index is 0.0247. The average molecular weight is 623 g/mol. The molecule has 4 rings (SSSR count). The minimum Gasteiger partial charge on any atom is -0.507 e. The van der Waals surface area contributed by atoms with Crippen molar-refractivity contribution in [1.29, 1.82) is 5.41 Å². The highest BCUT2D eigenvalue weighted by atomic mass is 32.2. The number of hydrogen-bond acceptors (Lipinski definition) is 8. The lowest BCUT2D eigenvalue weighted by atomic mass is 9.80. The number of benzene rings is 3. The van der Waals surface area contributed by atoms with Gasteiger partial charge in [0.1, 0.15) is 29.2 Å². The van der Waals surface area contributed by atoms with E-state index in [2.05, 4.69) is 20.0 Å². The summed E-state index contributed by atoms with van der Waals surface area (Å²) in [6.45, 7) is 3.05. The lowest BCUT2D eigenvalue weighted by Gasteiger charge is -2.28. The number of phenolic OH excluding ortho intramolecular Hbond substituents is 2. The first-order chi connectivity index (χ1) is 20.6. The van der Waals surface area contributed by atoms with Crippen LogP contribution in [0.1, 0.15) is 31.4 Å². The Kier molecular flexibility index (Phi) is 8.59. The van der Waals surface area contributed by atoms with E-state index in [1.807, 2.05) is 0 Å². The van der Waals surface area contributed by atoms with Gasteiger partial charge in [-0.1, -0.05) is 0 Å². The molecule has 0 saturated heterocycles. The van der Waals surface area contributed by atoms with E-state index in [0.717, 1.165) is 0 Å². The molecule has 2 atom stereocenters. The first kappa shape index (κ1) is 31.5. The van der Waals surface area contributed by atoms with Gasteiger partial charge in [0.2, 0.25) is 17.7 Å². The van der Waals surface area contributed by atoms with Crippen molar-refractivity contribution in [3.63, 3.8) is 0 Å². The zero-order valence-corrected chi connectivity index (χ0v) is 24.3. The maximum absolute atomic E-state index is 13.5. The van der Waals surface area contributed by atoms with Gasteiger partial charge in [-0.25, -0.2) is 9.19 Å². The fraction of sp³-hybridized carbons (Fsp3) is 0.179. The van der Waals surface area contributed by atoms with Gasteiger partial charge in [-0.3, -0.25) is 29.1 Å². The molecule has 0 bridgehead atoms. The number of H-pyrrole nitrogens is 1. The normalized spacial score (nSPS) is 12.8. The van der Waals surface area contributed by atoms with Crippen LogP contribution in [0.2, 0.25) is 0 Å². The second-order valence-corrected chi connectivity index (χ2v) is 11.2. The summed E-state index contributed by atoms with van der Waals surface area (Å²) in [6, 6.07) is 10.3. The molecule has 0 spiro atoms. The molecule has 16 heteroatoms. The Labute approximate surface area is 252 Å². The number of nitrogens with two attached hydrogens (primary N) is 3. The van der Waals surface area contributed by atoms with Gasteiger partial charge in [0, 0.05) is 22.4 Å². The first-order valence-electron chi connectivity index (χ1n) is 12.9. The molecule has 0 saturated carbocycles. The number of carbonyl (C=O) groups excluding carboxylic acids is 3. The predicted molar refractivity (Wildman–Crippen MR) is 164 cm³/mol. The molecule has 0 aliphatic heterocycles. The third-order valence-corrected chi connectivity index (χ3v) is 7.40. The highest BCUT2D eigenvalue weighted by molar-refractivity contribution is 7.80. The number of aromatic amines is 1. The Morgan fingerprint density at radius 1 is 1.02 bits per heavy atom. The molecular formula is C28H30N8O7S. The Bertz CT molecular complexity index is 1850. The fourth-order valence-electron chi connectivity index (χ4n) is 4.49. The summed E-state index contributed by atoms with van der Waals surface area (Å²) in [5.74, 6) is -3.21. The number of nitrogens with zero attached hydrogens (tertiary/aromatic N) is 1. The van der Waals surface area contributed by atoms with Crippen molar-refractivity contribution >= 4 is 51.5 Å². The number of carbonyl (C=O) groups is 3. The Balaban J connectivity index is 1.94. The number of phenols is 2. The summed E-state index contributed by atoms with van der Waals surface area (Å²) < 4.78 is 23.0. The average Bonchev–Trinajstić information content (AvgIpc) is 3.36. The van der Waals surface area contributed by atoms with E-state index in [4.69, 9.17) is 22.6 Å². The molecule has 4 aromatic rings. The molecule has 13 N–H and O–H groups in total. The first-order valence-corrected chi connectivity index (χ1v) is 14.0. The van der Waals surface area contributed by atoms with Crippen LogP contribution >= 0.6 is 0 Å². The van der Waals surface area contributed by atoms with Gasteiger partial charge in [-0.15, -0.1) is 0 Å². The van der Waals surface area contributed by atoms with Gasteiger partial charge in [-0.05, 0) is 67.9 Å². The van der Waals surface area contributed by atoms with E-state index in [1.165, 1.54) is 44.2 Å². The molecule has 1 unspecified atom stereocenters. The molecule has 0 radical (unpaired) electrons. The quantitative estimate of drug-likeness (QED) is 0.0498. The molecule has 3 aromatic carbocycles. The molecule has 3 amide bonds. The van der Waals surface area contributed by atoms with E-state index in [-0.39, 0.29) is 51.1 Å². The van der Waals surface area contributed by atoms with Gasteiger partial charge in [0.05, 0.1) is 28.4 Å². The zero-order valence-electron chi connectivity index (χ0n) is 23.5. The van der Waals surface area contributed by atoms with Gasteiger partial charge in [0.15, 0.2) is 0 Å². The summed E-state index contributed by atoms with van der Waals surface area (Å²) in [6.07, 6.45) is -0.523. The van der Waals surface area contributed by atoms with E-state index in [0.29, 0.717) is 16.6 Å². The van der Waals surface area contributed by atoms with Crippen molar-refractivity contribution in [2.75, 3.05) is 4.72 Å². The number of aromatic nitrogens is 2. The Hall–Kier alpha value is -5.48. The van der Waals surface area contributed by atoms with Crippen LogP contribution in [0, 0.1) is 5.41 Å². The molecule has 1 heterocycles. The van der Waals surface area contributed by atoms with Crippen LogP contribution in [-0.4, -0.2) is 58.5 Å². The van der Waals surface area contributed by atoms with Crippen LogP contribution < -0.4 is 27.2 Å². The highest BCUT2D eigenvalue weighted by Gasteiger charge is 2.35. The summed E-state index contributed by atoms with van der Waals surface area (Å²) >= 11 is -2.44. The van der Waals surface area contributed by atoms with E-state index in [1.54, 1.807) is 18.2 Å². The Morgan fingerprint density at radius 3 is 2.32 bits per heavy atom. The number of fused-ring (bicyclic) bond motifs is 1. The molecule has 0 aliphatic rings.